The van der Waals surface area contributed by atoms with Crippen molar-refractivity contribution in [3.63, 3.8) is 0 Å². The Morgan fingerprint density at radius 2 is 1.75 bits per heavy atom. The molecule has 0 aromatic heterocycles. The van der Waals surface area contributed by atoms with E-state index >= 15 is 0 Å². The van der Waals surface area contributed by atoms with Crippen LogP contribution in [0.15, 0.2) is 24.3 Å². The van der Waals surface area contributed by atoms with E-state index < -0.39 is 0 Å². The average molecular weight is 273 g/mol. The summed E-state index contributed by atoms with van der Waals surface area (Å²) in [6, 6.07) is 9.23. The second-order valence-corrected chi connectivity index (χ2v) is 4.73. The number of hydrogen-bond donors (Lipinski definition) is 1. The van der Waals surface area contributed by atoms with Crippen LogP contribution in [0, 0.1) is 3.57 Å². The van der Waals surface area contributed by atoms with E-state index in [0.29, 0.717) is 6.04 Å². The highest BCUT2D eigenvalue weighted by Crippen LogP contribution is 2.35. The molecule has 0 unspecified atom stereocenters. The fraction of sp³-hybridized carbons (Fsp3) is 0.400. The Balaban J connectivity index is 2.09. The van der Waals surface area contributed by atoms with Crippen molar-refractivity contribution in [2.24, 2.45) is 5.73 Å². The second-order valence-electron chi connectivity index (χ2n) is 3.48. The van der Waals surface area contributed by atoms with E-state index in [1.54, 1.807) is 0 Å². The molecule has 1 aromatic carbocycles. The van der Waals surface area contributed by atoms with Gasteiger partial charge in [-0.25, -0.2) is 0 Å². The summed E-state index contributed by atoms with van der Waals surface area (Å²) in [4.78, 5) is 0. The number of halogens is 1. The van der Waals surface area contributed by atoms with Crippen molar-refractivity contribution in [1.29, 1.82) is 0 Å². The van der Waals surface area contributed by atoms with Crippen molar-refractivity contribution >= 4 is 22.6 Å². The monoisotopic (exact) mass is 273 g/mol. The lowest BCUT2D eigenvalue weighted by Gasteiger charge is -2.32. The third-order valence-corrected chi connectivity index (χ3v) is 3.24. The van der Waals surface area contributed by atoms with E-state index in [1.165, 1.54) is 22.0 Å². The van der Waals surface area contributed by atoms with Gasteiger partial charge in [-0.05, 0) is 59.0 Å². The minimum Gasteiger partial charge on any atom is -0.328 e. The van der Waals surface area contributed by atoms with Crippen molar-refractivity contribution < 1.29 is 0 Å². The van der Waals surface area contributed by atoms with Crippen LogP contribution in [0.1, 0.15) is 24.3 Å². The molecule has 0 atom stereocenters. The molecule has 0 spiro atoms. The normalized spacial score (nSPS) is 28.2. The van der Waals surface area contributed by atoms with Crippen LogP contribution >= 0.6 is 22.6 Å². The Hall–Kier alpha value is -0.0900. The predicted molar refractivity (Wildman–Crippen MR) is 59.1 cm³/mol. The molecular formula is C10H12IN. The van der Waals surface area contributed by atoms with Gasteiger partial charge in [0.1, 0.15) is 0 Å². The van der Waals surface area contributed by atoms with Crippen LogP contribution in [0.4, 0.5) is 0 Å². The summed E-state index contributed by atoms with van der Waals surface area (Å²) in [5, 5.41) is 0. The van der Waals surface area contributed by atoms with E-state index in [9.17, 15) is 0 Å². The lowest BCUT2D eigenvalue weighted by Crippen LogP contribution is -2.34. The molecule has 12 heavy (non-hydrogen) atoms. The molecular weight excluding hydrogens is 261 g/mol. The minimum absolute atomic E-state index is 0.453. The third kappa shape index (κ3) is 1.64. The molecule has 2 rings (SSSR count). The van der Waals surface area contributed by atoms with Crippen LogP contribution in [-0.2, 0) is 0 Å². The van der Waals surface area contributed by atoms with E-state index in [-0.39, 0.29) is 0 Å². The van der Waals surface area contributed by atoms with Gasteiger partial charge >= 0.3 is 0 Å². The fourth-order valence-corrected chi connectivity index (χ4v) is 2.03. The quantitative estimate of drug-likeness (QED) is 0.782. The fourth-order valence-electron chi connectivity index (χ4n) is 1.67. The average Bonchev–Trinajstić information content (AvgIpc) is 2.01. The number of nitrogens with two attached hydrogens (primary N) is 1. The van der Waals surface area contributed by atoms with Crippen molar-refractivity contribution in [2.45, 2.75) is 24.8 Å². The Morgan fingerprint density at radius 1 is 1.17 bits per heavy atom. The van der Waals surface area contributed by atoms with Crippen molar-refractivity contribution in [3.8, 4) is 0 Å². The Morgan fingerprint density at radius 3 is 2.25 bits per heavy atom. The summed E-state index contributed by atoms with van der Waals surface area (Å²) >= 11 is 2.33. The molecule has 0 heterocycles. The molecule has 2 N–H and O–H groups in total. The van der Waals surface area contributed by atoms with E-state index in [1.807, 2.05) is 0 Å². The Kier molecular flexibility index (Phi) is 2.37. The van der Waals surface area contributed by atoms with Crippen LogP contribution < -0.4 is 5.73 Å². The maximum atomic E-state index is 5.73. The molecule has 1 aromatic rings. The van der Waals surface area contributed by atoms with Gasteiger partial charge in [0.05, 0.1) is 0 Å². The summed E-state index contributed by atoms with van der Waals surface area (Å²) in [5.41, 5.74) is 7.19. The lowest BCUT2D eigenvalue weighted by atomic mass is 9.76. The first-order valence-corrected chi connectivity index (χ1v) is 5.34. The molecule has 0 aliphatic heterocycles. The topological polar surface area (TPSA) is 26.0 Å². The van der Waals surface area contributed by atoms with Gasteiger partial charge < -0.3 is 5.73 Å². The van der Waals surface area contributed by atoms with Crippen molar-refractivity contribution in [1.82, 2.24) is 0 Å². The first kappa shape index (κ1) is 8.51. The molecule has 0 amide bonds. The van der Waals surface area contributed by atoms with Crippen LogP contribution in [0.3, 0.4) is 0 Å². The van der Waals surface area contributed by atoms with Gasteiger partial charge in [-0.2, -0.15) is 0 Å². The van der Waals surface area contributed by atoms with Gasteiger partial charge in [0.2, 0.25) is 0 Å². The molecule has 2 heteroatoms. The molecule has 1 aliphatic rings. The zero-order chi connectivity index (χ0) is 8.55. The first-order chi connectivity index (χ1) is 5.75. The first-order valence-electron chi connectivity index (χ1n) is 4.27. The maximum Gasteiger partial charge on any atom is 0.0130 e. The van der Waals surface area contributed by atoms with Crippen molar-refractivity contribution in [2.75, 3.05) is 0 Å². The third-order valence-electron chi connectivity index (χ3n) is 2.52. The summed E-state index contributed by atoms with van der Waals surface area (Å²) in [6.45, 7) is 0. The molecule has 64 valence electrons. The highest BCUT2D eigenvalue weighted by atomic mass is 127. The van der Waals surface area contributed by atoms with Gasteiger partial charge in [-0.15, -0.1) is 0 Å². The van der Waals surface area contributed by atoms with Gasteiger partial charge in [0.15, 0.2) is 0 Å². The van der Waals surface area contributed by atoms with Gasteiger partial charge in [-0.1, -0.05) is 12.1 Å². The summed E-state index contributed by atoms with van der Waals surface area (Å²) in [6.07, 6.45) is 2.33. The lowest BCUT2D eigenvalue weighted by molar-refractivity contribution is 0.351. The van der Waals surface area contributed by atoms with E-state index in [2.05, 4.69) is 46.9 Å². The molecule has 1 fully saturated rings. The van der Waals surface area contributed by atoms with Gasteiger partial charge in [-0.3, -0.25) is 0 Å². The molecule has 0 bridgehead atoms. The summed E-state index contributed by atoms with van der Waals surface area (Å²) < 4.78 is 1.31. The van der Waals surface area contributed by atoms with Gasteiger partial charge in [0.25, 0.3) is 0 Å². The van der Waals surface area contributed by atoms with E-state index in [0.717, 1.165) is 5.92 Å². The standard InChI is InChI=1S/C10H12IN/c11-9-3-1-7(2-4-9)8-5-10(12)6-8/h1-4,8,10H,5-6,12H2. The molecule has 1 aliphatic carbocycles. The highest BCUT2D eigenvalue weighted by molar-refractivity contribution is 14.1. The SMILES string of the molecule is NC1CC(c2ccc(I)cc2)C1. The largest absolute Gasteiger partial charge is 0.328 e. The molecule has 0 saturated heterocycles. The summed E-state index contributed by atoms with van der Waals surface area (Å²) in [5.74, 6) is 0.733. The number of benzene rings is 1. The summed E-state index contributed by atoms with van der Waals surface area (Å²) in [7, 11) is 0. The second kappa shape index (κ2) is 3.34. The minimum atomic E-state index is 0.453. The molecule has 1 nitrogen and oxygen atoms in total. The van der Waals surface area contributed by atoms with Crippen molar-refractivity contribution in [3.05, 3.63) is 33.4 Å². The Bertz CT molecular complexity index is 262. The Labute approximate surface area is 86.5 Å². The van der Waals surface area contributed by atoms with Crippen LogP contribution in [0.5, 0.6) is 0 Å². The zero-order valence-corrected chi connectivity index (χ0v) is 8.99. The zero-order valence-electron chi connectivity index (χ0n) is 6.83. The highest BCUT2D eigenvalue weighted by Gasteiger charge is 2.26. The molecule has 1 saturated carbocycles. The van der Waals surface area contributed by atoms with Crippen LogP contribution in [-0.4, -0.2) is 6.04 Å². The number of rotatable bonds is 1. The van der Waals surface area contributed by atoms with E-state index in [4.69, 9.17) is 5.73 Å². The van der Waals surface area contributed by atoms with Crippen LogP contribution in [0.2, 0.25) is 0 Å². The van der Waals surface area contributed by atoms with Crippen LogP contribution in [0.25, 0.3) is 0 Å². The maximum absolute atomic E-state index is 5.73. The number of hydrogen-bond acceptors (Lipinski definition) is 1. The smallest absolute Gasteiger partial charge is 0.0130 e. The molecule has 0 radical (unpaired) electrons. The van der Waals surface area contributed by atoms with Gasteiger partial charge in [0, 0.05) is 9.61 Å². The predicted octanol–water partition coefficient (Wildman–Crippen LogP) is 2.50.